The van der Waals surface area contributed by atoms with Crippen molar-refractivity contribution in [3.8, 4) is 5.75 Å². The predicted molar refractivity (Wildman–Crippen MR) is 71.8 cm³/mol. The van der Waals surface area contributed by atoms with Crippen molar-refractivity contribution in [1.29, 1.82) is 0 Å². The highest BCUT2D eigenvalue weighted by Gasteiger charge is 2.22. The van der Waals surface area contributed by atoms with Gasteiger partial charge >= 0.3 is 0 Å². The molecule has 1 aliphatic heterocycles. The van der Waals surface area contributed by atoms with Gasteiger partial charge in [0.15, 0.2) is 0 Å². The monoisotopic (exact) mass is 234 g/mol. The molecule has 0 aromatic heterocycles. The van der Waals surface area contributed by atoms with Crippen molar-refractivity contribution in [2.45, 2.75) is 19.9 Å². The first-order valence-electron chi connectivity index (χ1n) is 6.32. The molecule has 1 saturated heterocycles. The van der Waals surface area contributed by atoms with Crippen molar-refractivity contribution in [2.75, 3.05) is 31.6 Å². The lowest BCUT2D eigenvalue weighted by Crippen LogP contribution is -2.38. The van der Waals surface area contributed by atoms with E-state index < -0.39 is 0 Å². The molecule has 17 heavy (non-hydrogen) atoms. The first kappa shape index (κ1) is 12.2. The molecule has 0 radical (unpaired) electrons. The highest BCUT2D eigenvalue weighted by atomic mass is 16.5. The molecule has 0 saturated carbocycles. The molecule has 0 bridgehead atoms. The summed E-state index contributed by atoms with van der Waals surface area (Å²) >= 11 is 0. The van der Waals surface area contributed by atoms with Crippen LogP contribution in [0.15, 0.2) is 24.3 Å². The lowest BCUT2D eigenvalue weighted by molar-refractivity contribution is 0.412. The number of anilines is 1. The van der Waals surface area contributed by atoms with Crippen LogP contribution in [0.1, 0.15) is 13.8 Å². The van der Waals surface area contributed by atoms with Gasteiger partial charge in [0.05, 0.1) is 12.8 Å². The molecule has 0 spiro atoms. The van der Waals surface area contributed by atoms with Crippen LogP contribution in [0.5, 0.6) is 5.75 Å². The van der Waals surface area contributed by atoms with Crippen LogP contribution in [-0.4, -0.2) is 32.8 Å². The van der Waals surface area contributed by atoms with E-state index in [1.165, 1.54) is 5.69 Å². The highest BCUT2D eigenvalue weighted by Crippen LogP contribution is 2.30. The van der Waals surface area contributed by atoms with E-state index in [1.807, 2.05) is 12.1 Å². The zero-order chi connectivity index (χ0) is 12.3. The minimum atomic E-state index is 0.497. The highest BCUT2D eigenvalue weighted by molar-refractivity contribution is 5.59. The normalized spacial score (nSPS) is 25.5. The average Bonchev–Trinajstić information content (AvgIpc) is 2.51. The number of hydrogen-bond acceptors (Lipinski definition) is 3. The number of benzene rings is 1. The fourth-order valence-electron chi connectivity index (χ4n) is 2.43. The van der Waals surface area contributed by atoms with Crippen LogP contribution < -0.4 is 15.0 Å². The fraction of sp³-hybridized carbons (Fsp3) is 0.571. The third-order valence-corrected chi connectivity index (χ3v) is 3.37. The molecule has 1 fully saturated rings. The fourth-order valence-corrected chi connectivity index (χ4v) is 2.43. The van der Waals surface area contributed by atoms with Gasteiger partial charge in [-0.3, -0.25) is 0 Å². The molecule has 2 rings (SSSR count). The minimum absolute atomic E-state index is 0.497. The molecule has 1 N–H and O–H groups in total. The summed E-state index contributed by atoms with van der Waals surface area (Å²) in [7, 11) is 1.74. The molecule has 0 amide bonds. The molecule has 2 atom stereocenters. The van der Waals surface area contributed by atoms with Crippen molar-refractivity contribution < 1.29 is 4.74 Å². The summed E-state index contributed by atoms with van der Waals surface area (Å²) in [4.78, 5) is 2.45. The number of nitrogens with zero attached hydrogens (tertiary/aromatic N) is 1. The Morgan fingerprint density at radius 2 is 2.00 bits per heavy atom. The third-order valence-electron chi connectivity index (χ3n) is 3.37. The molecule has 1 aliphatic rings. The van der Waals surface area contributed by atoms with E-state index in [9.17, 15) is 0 Å². The van der Waals surface area contributed by atoms with Gasteiger partial charge in [-0.2, -0.15) is 0 Å². The maximum absolute atomic E-state index is 5.46. The number of hydrogen-bond donors (Lipinski definition) is 1. The van der Waals surface area contributed by atoms with E-state index in [0.29, 0.717) is 12.0 Å². The summed E-state index contributed by atoms with van der Waals surface area (Å²) in [6.07, 6.45) is 0. The summed E-state index contributed by atoms with van der Waals surface area (Å²) < 4.78 is 5.46. The van der Waals surface area contributed by atoms with Gasteiger partial charge in [-0.05, 0) is 31.5 Å². The summed E-state index contributed by atoms with van der Waals surface area (Å²) in [6.45, 7) is 7.75. The van der Waals surface area contributed by atoms with Crippen LogP contribution in [0, 0.1) is 5.92 Å². The maximum atomic E-state index is 5.46. The van der Waals surface area contributed by atoms with Gasteiger partial charge in [0.25, 0.3) is 0 Å². The van der Waals surface area contributed by atoms with Gasteiger partial charge in [-0.1, -0.05) is 19.1 Å². The molecule has 3 heteroatoms. The van der Waals surface area contributed by atoms with Crippen LogP contribution in [0.25, 0.3) is 0 Å². The maximum Gasteiger partial charge on any atom is 0.142 e. The number of para-hydroxylation sites is 2. The summed E-state index contributed by atoms with van der Waals surface area (Å²) in [5.41, 5.74) is 1.21. The van der Waals surface area contributed by atoms with Crippen LogP contribution >= 0.6 is 0 Å². The molecule has 1 aromatic rings. The van der Waals surface area contributed by atoms with Gasteiger partial charge in [0.2, 0.25) is 0 Å². The Kier molecular flexibility index (Phi) is 3.89. The second-order valence-electron chi connectivity index (χ2n) is 4.94. The summed E-state index contributed by atoms with van der Waals surface area (Å²) in [5, 5.41) is 3.50. The van der Waals surface area contributed by atoms with Gasteiger partial charge in [0, 0.05) is 19.1 Å². The zero-order valence-corrected chi connectivity index (χ0v) is 10.9. The summed E-state index contributed by atoms with van der Waals surface area (Å²) in [6, 6.07) is 8.77. The number of nitrogens with one attached hydrogen (secondary N) is 1. The van der Waals surface area contributed by atoms with E-state index >= 15 is 0 Å². The Bertz CT molecular complexity index is 367. The largest absolute Gasteiger partial charge is 0.495 e. The molecule has 2 unspecified atom stereocenters. The first-order valence-corrected chi connectivity index (χ1v) is 6.32. The lowest BCUT2D eigenvalue weighted by Gasteiger charge is -2.31. The quantitative estimate of drug-likeness (QED) is 0.848. The van der Waals surface area contributed by atoms with E-state index in [1.54, 1.807) is 7.11 Å². The average molecular weight is 234 g/mol. The number of ether oxygens (including phenoxy) is 1. The third kappa shape index (κ3) is 2.72. The van der Waals surface area contributed by atoms with Crippen LogP contribution in [0.3, 0.4) is 0 Å². The van der Waals surface area contributed by atoms with Crippen molar-refractivity contribution >= 4 is 5.69 Å². The number of methoxy groups -OCH3 is 1. The van der Waals surface area contributed by atoms with Gasteiger partial charge < -0.3 is 15.0 Å². The minimum Gasteiger partial charge on any atom is -0.495 e. The predicted octanol–water partition coefficient (Wildman–Crippen LogP) is 2.13. The molecule has 1 aromatic carbocycles. The van der Waals surface area contributed by atoms with Crippen molar-refractivity contribution in [2.24, 2.45) is 5.92 Å². The Labute approximate surface area is 104 Å². The molecule has 3 nitrogen and oxygen atoms in total. The van der Waals surface area contributed by atoms with Crippen LogP contribution in [0.4, 0.5) is 5.69 Å². The molecular weight excluding hydrogens is 212 g/mol. The Hall–Kier alpha value is -1.22. The van der Waals surface area contributed by atoms with Crippen molar-refractivity contribution in [3.05, 3.63) is 24.3 Å². The van der Waals surface area contributed by atoms with Gasteiger partial charge in [-0.15, -0.1) is 0 Å². The van der Waals surface area contributed by atoms with E-state index in [2.05, 4.69) is 36.2 Å². The van der Waals surface area contributed by atoms with Crippen molar-refractivity contribution in [1.82, 2.24) is 5.32 Å². The zero-order valence-electron chi connectivity index (χ0n) is 10.9. The number of rotatable bonds is 2. The standard InChI is InChI=1S/C14H22N2O/c1-11-8-15-9-12(2)16(10-11)13-6-4-5-7-14(13)17-3/h4-7,11-12,15H,8-10H2,1-3H3. The Morgan fingerprint density at radius 3 is 2.76 bits per heavy atom. The van der Waals surface area contributed by atoms with Crippen LogP contribution in [-0.2, 0) is 0 Å². The lowest BCUT2D eigenvalue weighted by atomic mass is 10.1. The van der Waals surface area contributed by atoms with E-state index in [-0.39, 0.29) is 0 Å². The van der Waals surface area contributed by atoms with Crippen molar-refractivity contribution in [3.63, 3.8) is 0 Å². The molecule has 1 heterocycles. The second-order valence-corrected chi connectivity index (χ2v) is 4.94. The van der Waals surface area contributed by atoms with Gasteiger partial charge in [-0.25, -0.2) is 0 Å². The molecule has 0 aliphatic carbocycles. The topological polar surface area (TPSA) is 24.5 Å². The second kappa shape index (κ2) is 5.41. The van der Waals surface area contributed by atoms with Crippen LogP contribution in [0.2, 0.25) is 0 Å². The Morgan fingerprint density at radius 1 is 1.24 bits per heavy atom. The van der Waals surface area contributed by atoms with Gasteiger partial charge in [0.1, 0.15) is 5.75 Å². The van der Waals surface area contributed by atoms with E-state index in [0.717, 1.165) is 25.4 Å². The Balaban J connectivity index is 2.29. The van der Waals surface area contributed by atoms with E-state index in [4.69, 9.17) is 4.74 Å². The SMILES string of the molecule is COc1ccccc1N1CC(C)CNCC1C. The smallest absolute Gasteiger partial charge is 0.142 e. The summed E-state index contributed by atoms with van der Waals surface area (Å²) in [5.74, 6) is 1.62. The molecular formula is C14H22N2O. The molecule has 94 valence electrons. The first-order chi connectivity index (χ1) is 8.22.